The van der Waals surface area contributed by atoms with Crippen molar-refractivity contribution in [3.8, 4) is 0 Å². The SMILES string of the molecule is Cn1cc(S(=O)(=O)Nc2nnn(C)n2)c(N)n1. The van der Waals surface area contributed by atoms with E-state index in [0.717, 1.165) is 4.80 Å². The Kier molecular flexibility index (Phi) is 2.46. The van der Waals surface area contributed by atoms with Gasteiger partial charge in [0.2, 0.25) is 0 Å². The van der Waals surface area contributed by atoms with Crippen molar-refractivity contribution in [2.75, 3.05) is 10.5 Å². The smallest absolute Gasteiger partial charge is 0.277 e. The van der Waals surface area contributed by atoms with Gasteiger partial charge >= 0.3 is 0 Å². The van der Waals surface area contributed by atoms with Crippen LogP contribution in [0.3, 0.4) is 0 Å². The van der Waals surface area contributed by atoms with E-state index in [4.69, 9.17) is 5.73 Å². The van der Waals surface area contributed by atoms with Crippen LogP contribution >= 0.6 is 0 Å². The third-order valence-electron chi connectivity index (χ3n) is 1.85. The van der Waals surface area contributed by atoms with Crippen LogP contribution < -0.4 is 10.5 Å². The van der Waals surface area contributed by atoms with Crippen LogP contribution in [0.4, 0.5) is 11.8 Å². The zero-order valence-electron chi connectivity index (χ0n) is 9.06. The predicted octanol–water partition coefficient (Wildman–Crippen LogP) is -1.67. The molecule has 0 radical (unpaired) electrons. The summed E-state index contributed by atoms with van der Waals surface area (Å²) in [6.07, 6.45) is 1.29. The summed E-state index contributed by atoms with van der Waals surface area (Å²) in [7, 11) is -0.764. The lowest BCUT2D eigenvalue weighted by molar-refractivity contribution is 0.600. The summed E-state index contributed by atoms with van der Waals surface area (Å²) in [5.41, 5.74) is 5.47. The first-order valence-electron chi connectivity index (χ1n) is 4.44. The second-order valence-electron chi connectivity index (χ2n) is 3.26. The molecule has 92 valence electrons. The number of tetrazole rings is 1. The first-order chi connectivity index (χ1) is 7.88. The van der Waals surface area contributed by atoms with E-state index in [2.05, 4.69) is 25.2 Å². The molecule has 2 aromatic rings. The second-order valence-corrected chi connectivity index (χ2v) is 4.91. The quantitative estimate of drug-likeness (QED) is 0.672. The van der Waals surface area contributed by atoms with E-state index in [9.17, 15) is 8.42 Å². The van der Waals surface area contributed by atoms with E-state index in [0.29, 0.717) is 0 Å². The third kappa shape index (κ3) is 2.18. The molecule has 0 fully saturated rings. The molecule has 0 aromatic carbocycles. The van der Waals surface area contributed by atoms with Crippen LogP contribution in [0.1, 0.15) is 0 Å². The normalized spacial score (nSPS) is 11.6. The Labute approximate surface area is 96.5 Å². The standard InChI is InChI=1S/C6H10N8O2S/c1-13-3-4(5(7)9-13)17(15,16)11-6-8-12-14(2)10-6/h3H,1-2H3,(H2,7,9)(H,10,11). The molecule has 11 heteroatoms. The van der Waals surface area contributed by atoms with E-state index in [1.54, 1.807) is 7.05 Å². The van der Waals surface area contributed by atoms with Gasteiger partial charge in [-0.15, -0.1) is 5.10 Å². The molecular formula is C6H10N8O2S. The second kappa shape index (κ2) is 3.69. The summed E-state index contributed by atoms with van der Waals surface area (Å²) < 4.78 is 27.2. The molecule has 3 N–H and O–H groups in total. The molecule has 0 unspecified atom stereocenters. The molecule has 0 spiro atoms. The molecule has 0 amide bonds. The van der Waals surface area contributed by atoms with Gasteiger partial charge in [0.25, 0.3) is 16.0 Å². The Morgan fingerprint density at radius 2 is 2.06 bits per heavy atom. The first kappa shape index (κ1) is 11.3. The lowest BCUT2D eigenvalue weighted by Crippen LogP contribution is -2.15. The minimum absolute atomic E-state index is 0.0936. The molecule has 0 aliphatic heterocycles. The van der Waals surface area contributed by atoms with Gasteiger partial charge in [-0.3, -0.25) is 4.68 Å². The maximum absolute atomic E-state index is 11.9. The number of anilines is 2. The van der Waals surface area contributed by atoms with Crippen molar-refractivity contribution >= 4 is 21.8 Å². The van der Waals surface area contributed by atoms with E-state index in [1.807, 2.05) is 0 Å². The van der Waals surface area contributed by atoms with E-state index in [1.165, 1.54) is 17.9 Å². The molecule has 10 nitrogen and oxygen atoms in total. The van der Waals surface area contributed by atoms with Gasteiger partial charge in [0.05, 0.1) is 7.05 Å². The van der Waals surface area contributed by atoms with Gasteiger partial charge in [0, 0.05) is 13.2 Å². The Hall–Kier alpha value is -2.17. The molecule has 0 aliphatic carbocycles. The maximum atomic E-state index is 11.9. The van der Waals surface area contributed by atoms with Gasteiger partial charge in [0.1, 0.15) is 4.90 Å². The lowest BCUT2D eigenvalue weighted by atomic mass is 10.7. The highest BCUT2D eigenvalue weighted by atomic mass is 32.2. The van der Waals surface area contributed by atoms with Crippen molar-refractivity contribution in [1.29, 1.82) is 0 Å². The number of nitrogens with zero attached hydrogens (tertiary/aromatic N) is 6. The van der Waals surface area contributed by atoms with Crippen molar-refractivity contribution in [3.05, 3.63) is 6.20 Å². The van der Waals surface area contributed by atoms with Crippen LogP contribution in [0.15, 0.2) is 11.1 Å². The number of nitrogens with one attached hydrogen (secondary N) is 1. The lowest BCUT2D eigenvalue weighted by Gasteiger charge is -2.01. The first-order valence-corrected chi connectivity index (χ1v) is 5.93. The molecule has 2 heterocycles. The van der Waals surface area contributed by atoms with Crippen LogP contribution in [0, 0.1) is 0 Å². The number of hydrogen-bond donors (Lipinski definition) is 2. The molecular weight excluding hydrogens is 248 g/mol. The van der Waals surface area contributed by atoms with Crippen LogP contribution in [0.5, 0.6) is 0 Å². The number of nitrogens with two attached hydrogens (primary N) is 1. The number of nitrogen functional groups attached to an aromatic ring is 1. The molecule has 2 rings (SSSR count). The number of sulfonamides is 1. The summed E-state index contributed by atoms with van der Waals surface area (Å²) in [6, 6.07) is 0. The van der Waals surface area contributed by atoms with E-state index < -0.39 is 10.0 Å². The minimum Gasteiger partial charge on any atom is -0.381 e. The molecule has 2 aromatic heterocycles. The topological polar surface area (TPSA) is 134 Å². The Balaban J connectivity index is 2.34. The Morgan fingerprint density at radius 3 is 2.53 bits per heavy atom. The Bertz CT molecular complexity index is 641. The zero-order chi connectivity index (χ0) is 12.6. The highest BCUT2D eigenvalue weighted by molar-refractivity contribution is 7.92. The predicted molar refractivity (Wildman–Crippen MR) is 57.2 cm³/mol. The number of rotatable bonds is 3. The number of aromatic nitrogens is 6. The van der Waals surface area contributed by atoms with Gasteiger partial charge in [-0.25, -0.2) is 13.1 Å². The van der Waals surface area contributed by atoms with Gasteiger partial charge in [0.15, 0.2) is 5.82 Å². The molecule has 0 aliphatic rings. The highest BCUT2D eigenvalue weighted by Crippen LogP contribution is 2.17. The van der Waals surface area contributed by atoms with Crippen LogP contribution in [0.25, 0.3) is 0 Å². The summed E-state index contributed by atoms with van der Waals surface area (Å²) in [5.74, 6) is -0.223. The molecule has 0 saturated heterocycles. The monoisotopic (exact) mass is 258 g/mol. The summed E-state index contributed by atoms with van der Waals surface area (Å²) in [5, 5.41) is 14.4. The van der Waals surface area contributed by atoms with Gasteiger partial charge in [-0.05, 0) is 5.21 Å². The van der Waals surface area contributed by atoms with Gasteiger partial charge in [-0.2, -0.15) is 9.90 Å². The maximum Gasteiger partial charge on any atom is 0.277 e. The van der Waals surface area contributed by atoms with Crippen LogP contribution in [0.2, 0.25) is 0 Å². The average molecular weight is 258 g/mol. The highest BCUT2D eigenvalue weighted by Gasteiger charge is 2.22. The molecule has 17 heavy (non-hydrogen) atoms. The Morgan fingerprint density at radius 1 is 1.35 bits per heavy atom. The fourth-order valence-electron chi connectivity index (χ4n) is 1.19. The average Bonchev–Trinajstić information content (AvgIpc) is 2.72. The third-order valence-corrected chi connectivity index (χ3v) is 3.19. The molecule has 0 atom stereocenters. The fourth-order valence-corrected chi connectivity index (χ4v) is 2.23. The van der Waals surface area contributed by atoms with Gasteiger partial charge in [-0.1, -0.05) is 5.10 Å². The van der Waals surface area contributed by atoms with Crippen molar-refractivity contribution in [1.82, 2.24) is 30.0 Å². The summed E-state index contributed by atoms with van der Waals surface area (Å²) in [4.78, 5) is 0.997. The van der Waals surface area contributed by atoms with Crippen LogP contribution in [-0.2, 0) is 24.1 Å². The van der Waals surface area contributed by atoms with Crippen molar-refractivity contribution in [3.63, 3.8) is 0 Å². The number of aryl methyl sites for hydroxylation is 2. The molecule has 0 saturated carbocycles. The van der Waals surface area contributed by atoms with E-state index >= 15 is 0 Å². The van der Waals surface area contributed by atoms with Crippen molar-refractivity contribution < 1.29 is 8.42 Å². The summed E-state index contributed by atoms with van der Waals surface area (Å²) in [6.45, 7) is 0. The van der Waals surface area contributed by atoms with Crippen molar-refractivity contribution in [2.45, 2.75) is 4.90 Å². The molecule has 0 bridgehead atoms. The van der Waals surface area contributed by atoms with E-state index in [-0.39, 0.29) is 16.7 Å². The fraction of sp³-hybridized carbons (Fsp3) is 0.333. The summed E-state index contributed by atoms with van der Waals surface area (Å²) >= 11 is 0. The zero-order valence-corrected chi connectivity index (χ0v) is 9.88. The number of hydrogen-bond acceptors (Lipinski definition) is 7. The van der Waals surface area contributed by atoms with Gasteiger partial charge < -0.3 is 5.73 Å². The van der Waals surface area contributed by atoms with Crippen molar-refractivity contribution in [2.24, 2.45) is 14.1 Å². The largest absolute Gasteiger partial charge is 0.381 e. The minimum atomic E-state index is -3.85. The van der Waals surface area contributed by atoms with Crippen LogP contribution in [-0.4, -0.2) is 38.4 Å².